The molecule has 7 nitrogen and oxygen atoms in total. The van der Waals surface area contributed by atoms with Crippen molar-refractivity contribution in [3.8, 4) is 0 Å². The Balaban J connectivity index is 1.37. The van der Waals surface area contributed by atoms with Crippen LogP contribution >= 0.6 is 0 Å². The molecule has 1 saturated carbocycles. The lowest BCUT2D eigenvalue weighted by Crippen LogP contribution is -2.53. The highest BCUT2D eigenvalue weighted by atomic mass is 32.2. The van der Waals surface area contributed by atoms with Crippen molar-refractivity contribution in [2.75, 3.05) is 24.6 Å². The Morgan fingerprint density at radius 1 is 1.12 bits per heavy atom. The summed E-state index contributed by atoms with van der Waals surface area (Å²) < 4.78 is 71.5. The molecule has 2 aromatic rings. The van der Waals surface area contributed by atoms with Gasteiger partial charge in [-0.25, -0.2) is 17.5 Å². The third-order valence-electron chi connectivity index (χ3n) is 6.71. The van der Waals surface area contributed by atoms with E-state index in [0.29, 0.717) is 25.3 Å². The van der Waals surface area contributed by atoms with Crippen LogP contribution < -0.4 is 9.62 Å². The van der Waals surface area contributed by atoms with Gasteiger partial charge in [0.1, 0.15) is 5.82 Å². The Morgan fingerprint density at radius 2 is 1.91 bits per heavy atom. The molecule has 2 heterocycles. The summed E-state index contributed by atoms with van der Waals surface area (Å²) >= 11 is 0. The molecule has 11 heteroatoms. The Labute approximate surface area is 197 Å². The number of piperidine rings is 1. The molecule has 0 spiro atoms. The van der Waals surface area contributed by atoms with E-state index in [1.165, 1.54) is 6.07 Å². The van der Waals surface area contributed by atoms with Crippen molar-refractivity contribution in [2.45, 2.75) is 55.9 Å². The zero-order valence-electron chi connectivity index (χ0n) is 18.7. The molecule has 1 aliphatic heterocycles. The summed E-state index contributed by atoms with van der Waals surface area (Å²) in [7, 11) is -4.71. The number of nitrogens with zero attached hydrogens (tertiary/aromatic N) is 3. The van der Waals surface area contributed by atoms with Crippen molar-refractivity contribution in [3.05, 3.63) is 54.0 Å². The van der Waals surface area contributed by atoms with Gasteiger partial charge in [0.2, 0.25) is 0 Å². The molecule has 1 saturated heterocycles. The quantitative estimate of drug-likeness (QED) is 0.598. The molecule has 1 aromatic carbocycles. The van der Waals surface area contributed by atoms with Gasteiger partial charge < -0.3 is 9.64 Å². The average Bonchev–Trinajstić information content (AvgIpc) is 2.84. The van der Waals surface area contributed by atoms with Gasteiger partial charge in [-0.3, -0.25) is 0 Å². The van der Waals surface area contributed by atoms with Gasteiger partial charge in [0, 0.05) is 31.2 Å². The van der Waals surface area contributed by atoms with E-state index >= 15 is 0 Å². The third-order valence-corrected chi connectivity index (χ3v) is 7.81. The minimum atomic E-state index is -4.71. The number of halogens is 3. The van der Waals surface area contributed by atoms with Gasteiger partial charge in [0.15, 0.2) is 5.82 Å². The van der Waals surface area contributed by atoms with E-state index in [2.05, 4.69) is 14.9 Å². The predicted octanol–water partition coefficient (Wildman–Crippen LogP) is 3.70. The van der Waals surface area contributed by atoms with Crippen LogP contribution in [0.1, 0.15) is 43.6 Å². The van der Waals surface area contributed by atoms with Crippen molar-refractivity contribution >= 4 is 15.8 Å². The smallest absolute Gasteiger partial charge is 0.350 e. The standard InChI is InChI=1S/C23H29F3N4O3S/c24-19-4-1-3-17(13-19)16-6-8-20(9-7-16)33-15-18-14-30(22-5-2-11-27-28-22)12-10-21(18)29-34(31,32)23(25)26/h1-5,11,13,16,18,20-21,23,29H,6-10,12,14-15H2/t16-,18?,20+,21?. The first-order chi connectivity index (χ1) is 16.3. The number of hydrogen-bond acceptors (Lipinski definition) is 6. The van der Waals surface area contributed by atoms with E-state index in [4.69, 9.17) is 4.74 Å². The van der Waals surface area contributed by atoms with Gasteiger partial charge in [-0.05, 0) is 67.9 Å². The monoisotopic (exact) mass is 498 g/mol. The van der Waals surface area contributed by atoms with Crippen LogP contribution in [0.3, 0.4) is 0 Å². The number of ether oxygens (including phenoxy) is 1. The normalized spacial score (nSPS) is 26.1. The topological polar surface area (TPSA) is 84.4 Å². The highest BCUT2D eigenvalue weighted by Crippen LogP contribution is 2.35. The van der Waals surface area contributed by atoms with Crippen molar-refractivity contribution < 1.29 is 26.3 Å². The van der Waals surface area contributed by atoms with E-state index in [-0.39, 0.29) is 30.4 Å². The van der Waals surface area contributed by atoms with Crippen molar-refractivity contribution in [1.29, 1.82) is 0 Å². The fourth-order valence-corrected chi connectivity index (χ4v) is 5.71. The molecule has 1 aromatic heterocycles. The molecule has 2 atom stereocenters. The Bertz CT molecular complexity index is 1040. The van der Waals surface area contributed by atoms with Crippen molar-refractivity contribution in [1.82, 2.24) is 14.9 Å². The predicted molar refractivity (Wildman–Crippen MR) is 122 cm³/mol. The Hall–Kier alpha value is -2.24. The van der Waals surface area contributed by atoms with Crippen LogP contribution in [0.4, 0.5) is 19.0 Å². The number of hydrogen-bond donors (Lipinski definition) is 1. The van der Waals surface area contributed by atoms with Crippen molar-refractivity contribution in [2.24, 2.45) is 5.92 Å². The molecule has 1 aliphatic carbocycles. The molecule has 2 unspecified atom stereocenters. The minimum absolute atomic E-state index is 0.0101. The van der Waals surface area contributed by atoms with Crippen LogP contribution in [0, 0.1) is 11.7 Å². The van der Waals surface area contributed by atoms with E-state index in [0.717, 1.165) is 31.2 Å². The number of alkyl halides is 2. The first-order valence-electron chi connectivity index (χ1n) is 11.5. The SMILES string of the molecule is O=S(=O)(NC1CCN(c2cccnn2)CC1CO[C@H]1CC[C@@H](c2cccc(F)c2)CC1)C(F)F. The number of anilines is 1. The molecule has 2 aliphatic rings. The molecule has 186 valence electrons. The van der Waals surface area contributed by atoms with Gasteiger partial charge in [-0.15, -0.1) is 5.10 Å². The molecule has 34 heavy (non-hydrogen) atoms. The highest BCUT2D eigenvalue weighted by molar-refractivity contribution is 7.89. The Kier molecular flexibility index (Phi) is 8.05. The lowest BCUT2D eigenvalue weighted by molar-refractivity contribution is -0.00229. The summed E-state index contributed by atoms with van der Waals surface area (Å²) in [5, 5.41) is 7.99. The third kappa shape index (κ3) is 6.25. The van der Waals surface area contributed by atoms with E-state index in [1.807, 2.05) is 17.0 Å². The second kappa shape index (κ2) is 11.0. The number of benzene rings is 1. The van der Waals surface area contributed by atoms with E-state index < -0.39 is 21.8 Å². The van der Waals surface area contributed by atoms with Crippen LogP contribution in [0.5, 0.6) is 0 Å². The minimum Gasteiger partial charge on any atom is -0.378 e. The summed E-state index contributed by atoms with van der Waals surface area (Å²) in [6.45, 7) is 1.11. The van der Waals surface area contributed by atoms with Crippen molar-refractivity contribution in [3.63, 3.8) is 0 Å². The summed E-state index contributed by atoms with van der Waals surface area (Å²) in [5.74, 6) is -3.12. The molecule has 0 radical (unpaired) electrons. The number of sulfonamides is 1. The zero-order valence-corrected chi connectivity index (χ0v) is 19.5. The number of aromatic nitrogens is 2. The van der Waals surface area contributed by atoms with Gasteiger partial charge in [-0.1, -0.05) is 12.1 Å². The largest absolute Gasteiger partial charge is 0.378 e. The summed E-state index contributed by atoms with van der Waals surface area (Å²) in [5.41, 5.74) is 0.992. The van der Waals surface area contributed by atoms with Crippen LogP contribution in [0.25, 0.3) is 0 Å². The first kappa shape index (κ1) is 24.9. The summed E-state index contributed by atoms with van der Waals surface area (Å²) in [6.07, 6.45) is 5.24. The second-order valence-corrected chi connectivity index (χ2v) is 10.7. The van der Waals surface area contributed by atoms with E-state index in [1.54, 1.807) is 24.4 Å². The molecular weight excluding hydrogens is 469 g/mol. The lowest BCUT2D eigenvalue weighted by atomic mass is 9.82. The molecule has 0 amide bonds. The van der Waals surface area contributed by atoms with Gasteiger partial charge >= 0.3 is 5.76 Å². The summed E-state index contributed by atoms with van der Waals surface area (Å²) in [4.78, 5) is 1.97. The van der Waals surface area contributed by atoms with Crippen LogP contribution in [0.15, 0.2) is 42.6 Å². The first-order valence-corrected chi connectivity index (χ1v) is 13.1. The molecular formula is C23H29F3N4O3S. The molecule has 1 N–H and O–H groups in total. The van der Waals surface area contributed by atoms with Crippen LogP contribution in [0.2, 0.25) is 0 Å². The maximum Gasteiger partial charge on any atom is 0.350 e. The fraction of sp³-hybridized carbons (Fsp3) is 0.565. The molecule has 0 bridgehead atoms. The Morgan fingerprint density at radius 3 is 2.59 bits per heavy atom. The highest BCUT2D eigenvalue weighted by Gasteiger charge is 2.36. The van der Waals surface area contributed by atoms with Crippen LogP contribution in [-0.2, 0) is 14.8 Å². The van der Waals surface area contributed by atoms with E-state index in [9.17, 15) is 21.6 Å². The second-order valence-electron chi connectivity index (χ2n) is 8.97. The zero-order chi connectivity index (χ0) is 24.1. The fourth-order valence-electron chi connectivity index (χ4n) is 4.87. The van der Waals surface area contributed by atoms with Gasteiger partial charge in [0.05, 0.1) is 12.7 Å². The maximum atomic E-state index is 13.6. The van der Waals surface area contributed by atoms with Gasteiger partial charge in [-0.2, -0.15) is 13.9 Å². The molecule has 4 rings (SSSR count). The number of nitrogens with one attached hydrogen (secondary N) is 1. The van der Waals surface area contributed by atoms with Crippen LogP contribution in [-0.4, -0.2) is 56.2 Å². The lowest BCUT2D eigenvalue weighted by Gasteiger charge is -2.40. The van der Waals surface area contributed by atoms with Gasteiger partial charge in [0.25, 0.3) is 10.0 Å². The maximum absolute atomic E-state index is 13.6. The number of rotatable bonds is 8. The average molecular weight is 499 g/mol. The summed E-state index contributed by atoms with van der Waals surface area (Å²) in [6, 6.07) is 9.59. The molecule has 2 fully saturated rings.